The van der Waals surface area contributed by atoms with Crippen molar-refractivity contribution < 1.29 is 9.84 Å². The number of morpholine rings is 1. The van der Waals surface area contributed by atoms with Crippen LogP contribution in [0.3, 0.4) is 0 Å². The Hall–Kier alpha value is -0.160. The molecule has 1 aliphatic heterocycles. The first-order chi connectivity index (χ1) is 7.70. The van der Waals surface area contributed by atoms with E-state index in [1.54, 1.807) is 0 Å². The maximum atomic E-state index is 10.3. The molecule has 4 heteroatoms. The van der Waals surface area contributed by atoms with E-state index < -0.39 is 5.60 Å². The summed E-state index contributed by atoms with van der Waals surface area (Å²) in [5.74, 6) is 0. The Labute approximate surface area is 105 Å². The highest BCUT2D eigenvalue weighted by Gasteiger charge is 2.31. The second-order valence-electron chi connectivity index (χ2n) is 6.35. The molecular formula is C13H28N2O2. The molecule has 4 nitrogen and oxygen atoms in total. The van der Waals surface area contributed by atoms with Gasteiger partial charge in [0.25, 0.3) is 0 Å². The van der Waals surface area contributed by atoms with Gasteiger partial charge in [-0.2, -0.15) is 0 Å². The Morgan fingerprint density at radius 2 is 2.12 bits per heavy atom. The van der Waals surface area contributed by atoms with Crippen molar-refractivity contribution in [3.05, 3.63) is 0 Å². The smallest absolute Gasteiger partial charge is 0.0869 e. The van der Waals surface area contributed by atoms with E-state index in [4.69, 9.17) is 4.74 Å². The lowest BCUT2D eigenvalue weighted by molar-refractivity contribution is -0.103. The van der Waals surface area contributed by atoms with Crippen LogP contribution >= 0.6 is 0 Å². The van der Waals surface area contributed by atoms with Crippen molar-refractivity contribution in [2.75, 3.05) is 32.8 Å². The summed E-state index contributed by atoms with van der Waals surface area (Å²) in [5.41, 5.74) is -0.780. The van der Waals surface area contributed by atoms with Gasteiger partial charge in [-0.25, -0.2) is 0 Å². The van der Waals surface area contributed by atoms with Crippen molar-refractivity contribution in [3.63, 3.8) is 0 Å². The van der Waals surface area contributed by atoms with E-state index in [0.717, 1.165) is 19.7 Å². The van der Waals surface area contributed by atoms with Gasteiger partial charge in [-0.05, 0) is 20.8 Å². The van der Waals surface area contributed by atoms with E-state index in [-0.39, 0.29) is 5.60 Å². The molecular weight excluding hydrogens is 216 g/mol. The Balaban J connectivity index is 2.41. The minimum absolute atomic E-state index is 0.0974. The molecule has 1 rings (SSSR count). The first kappa shape index (κ1) is 14.9. The normalized spacial score (nSPS) is 24.9. The first-order valence-corrected chi connectivity index (χ1v) is 6.52. The molecule has 1 unspecified atom stereocenters. The molecule has 1 fully saturated rings. The third-order valence-corrected chi connectivity index (χ3v) is 2.96. The van der Waals surface area contributed by atoms with E-state index in [1.807, 2.05) is 6.92 Å². The molecule has 0 aliphatic carbocycles. The Bertz CT molecular complexity index is 240. The third kappa shape index (κ3) is 5.82. The summed E-state index contributed by atoms with van der Waals surface area (Å²) in [4.78, 5) is 2.28. The van der Waals surface area contributed by atoms with E-state index in [9.17, 15) is 5.11 Å². The molecule has 0 aromatic carbocycles. The standard InChI is InChI=1S/C13H28N2O2/c1-11(2)14-8-13(5,16)10-15-6-7-17-12(3,4)9-15/h11,14,16H,6-10H2,1-5H3. The summed E-state index contributed by atoms with van der Waals surface area (Å²) in [6.07, 6.45) is 0. The van der Waals surface area contributed by atoms with Gasteiger partial charge in [0, 0.05) is 32.2 Å². The van der Waals surface area contributed by atoms with Crippen LogP contribution in [0.5, 0.6) is 0 Å². The SMILES string of the molecule is CC(C)NCC(C)(O)CN1CCOC(C)(C)C1. The van der Waals surface area contributed by atoms with Crippen LogP contribution in [0.25, 0.3) is 0 Å². The van der Waals surface area contributed by atoms with Gasteiger partial charge in [0.15, 0.2) is 0 Å². The molecule has 1 atom stereocenters. The van der Waals surface area contributed by atoms with Crippen LogP contribution in [0.1, 0.15) is 34.6 Å². The molecule has 2 N–H and O–H groups in total. The van der Waals surface area contributed by atoms with Gasteiger partial charge in [-0.3, -0.25) is 4.90 Å². The van der Waals surface area contributed by atoms with Crippen molar-refractivity contribution in [2.45, 2.75) is 51.9 Å². The number of nitrogens with one attached hydrogen (secondary N) is 1. The summed E-state index contributed by atoms with van der Waals surface area (Å²) in [7, 11) is 0. The number of nitrogens with zero attached hydrogens (tertiary/aromatic N) is 1. The minimum atomic E-state index is -0.683. The molecule has 102 valence electrons. The minimum Gasteiger partial charge on any atom is -0.388 e. The van der Waals surface area contributed by atoms with Gasteiger partial charge in [0.1, 0.15) is 0 Å². The monoisotopic (exact) mass is 244 g/mol. The van der Waals surface area contributed by atoms with Crippen molar-refractivity contribution in [3.8, 4) is 0 Å². The van der Waals surface area contributed by atoms with Crippen LogP contribution in [0.2, 0.25) is 0 Å². The second kappa shape index (κ2) is 5.65. The van der Waals surface area contributed by atoms with Crippen molar-refractivity contribution in [1.82, 2.24) is 10.2 Å². The largest absolute Gasteiger partial charge is 0.388 e. The maximum Gasteiger partial charge on any atom is 0.0869 e. The average Bonchev–Trinajstić information content (AvgIpc) is 2.12. The van der Waals surface area contributed by atoms with Crippen molar-refractivity contribution >= 4 is 0 Å². The predicted octanol–water partition coefficient (Wildman–Crippen LogP) is 0.846. The predicted molar refractivity (Wildman–Crippen MR) is 70.2 cm³/mol. The quantitative estimate of drug-likeness (QED) is 0.752. The number of ether oxygens (including phenoxy) is 1. The lowest BCUT2D eigenvalue weighted by Crippen LogP contribution is -2.55. The van der Waals surface area contributed by atoms with Crippen molar-refractivity contribution in [1.29, 1.82) is 0 Å². The lowest BCUT2D eigenvalue weighted by Gasteiger charge is -2.41. The van der Waals surface area contributed by atoms with Gasteiger partial charge in [0.2, 0.25) is 0 Å². The summed E-state index contributed by atoms with van der Waals surface area (Å²) in [6, 6.07) is 0.405. The summed E-state index contributed by atoms with van der Waals surface area (Å²) >= 11 is 0. The molecule has 0 bridgehead atoms. The molecule has 0 aromatic heterocycles. The molecule has 0 radical (unpaired) electrons. The van der Waals surface area contributed by atoms with Gasteiger partial charge < -0.3 is 15.2 Å². The zero-order chi connectivity index (χ0) is 13.1. The lowest BCUT2D eigenvalue weighted by atomic mass is 10.0. The summed E-state index contributed by atoms with van der Waals surface area (Å²) in [5, 5.41) is 13.6. The van der Waals surface area contributed by atoms with Crippen LogP contribution in [-0.2, 0) is 4.74 Å². The summed E-state index contributed by atoms with van der Waals surface area (Å²) < 4.78 is 5.67. The van der Waals surface area contributed by atoms with Crippen LogP contribution in [0.15, 0.2) is 0 Å². The molecule has 0 aromatic rings. The van der Waals surface area contributed by atoms with Gasteiger partial charge in [-0.1, -0.05) is 13.8 Å². The van der Waals surface area contributed by atoms with E-state index in [1.165, 1.54) is 0 Å². The Morgan fingerprint density at radius 1 is 1.47 bits per heavy atom. The number of hydrogen-bond acceptors (Lipinski definition) is 4. The van der Waals surface area contributed by atoms with E-state index in [2.05, 4.69) is 37.9 Å². The number of rotatable bonds is 5. The Kier molecular flexibility index (Phi) is 4.95. The van der Waals surface area contributed by atoms with E-state index >= 15 is 0 Å². The molecule has 17 heavy (non-hydrogen) atoms. The van der Waals surface area contributed by atoms with Gasteiger partial charge in [-0.15, -0.1) is 0 Å². The molecule has 0 spiro atoms. The van der Waals surface area contributed by atoms with Crippen LogP contribution in [0.4, 0.5) is 0 Å². The number of β-amino-alcohol motifs (C(OH)–C–C–N with tert-alkyl or cyclic N) is 1. The van der Waals surface area contributed by atoms with E-state index in [0.29, 0.717) is 19.1 Å². The first-order valence-electron chi connectivity index (χ1n) is 6.52. The number of hydrogen-bond donors (Lipinski definition) is 2. The molecule has 0 amide bonds. The molecule has 1 saturated heterocycles. The van der Waals surface area contributed by atoms with Crippen LogP contribution in [-0.4, -0.2) is 60.0 Å². The zero-order valence-corrected chi connectivity index (χ0v) is 11.9. The highest BCUT2D eigenvalue weighted by molar-refractivity contribution is 4.86. The molecule has 0 saturated carbocycles. The fourth-order valence-corrected chi connectivity index (χ4v) is 2.21. The molecule has 1 aliphatic rings. The Morgan fingerprint density at radius 3 is 2.65 bits per heavy atom. The highest BCUT2D eigenvalue weighted by Crippen LogP contribution is 2.18. The highest BCUT2D eigenvalue weighted by atomic mass is 16.5. The zero-order valence-electron chi connectivity index (χ0n) is 11.9. The third-order valence-electron chi connectivity index (χ3n) is 2.96. The van der Waals surface area contributed by atoms with Crippen LogP contribution < -0.4 is 5.32 Å². The average molecular weight is 244 g/mol. The number of aliphatic hydroxyl groups is 1. The fraction of sp³-hybridized carbons (Fsp3) is 1.00. The van der Waals surface area contributed by atoms with Gasteiger partial charge >= 0.3 is 0 Å². The maximum absolute atomic E-state index is 10.3. The summed E-state index contributed by atoms with van der Waals surface area (Å²) in [6.45, 7) is 14.1. The van der Waals surface area contributed by atoms with Gasteiger partial charge in [0.05, 0.1) is 17.8 Å². The molecule has 1 heterocycles. The fourth-order valence-electron chi connectivity index (χ4n) is 2.21. The van der Waals surface area contributed by atoms with Crippen LogP contribution in [0, 0.1) is 0 Å². The second-order valence-corrected chi connectivity index (χ2v) is 6.35. The topological polar surface area (TPSA) is 44.7 Å². The van der Waals surface area contributed by atoms with Crippen molar-refractivity contribution in [2.24, 2.45) is 0 Å².